The van der Waals surface area contributed by atoms with Crippen LogP contribution in [0, 0.1) is 9.39 Å². The summed E-state index contributed by atoms with van der Waals surface area (Å²) in [5.41, 5.74) is 7.86. The molecule has 0 saturated heterocycles. The van der Waals surface area contributed by atoms with Gasteiger partial charge in [-0.15, -0.1) is 0 Å². The topological polar surface area (TPSA) is 26.0 Å². The van der Waals surface area contributed by atoms with Crippen LogP contribution in [0.25, 0.3) is 0 Å². The van der Waals surface area contributed by atoms with Gasteiger partial charge < -0.3 is 5.73 Å². The smallest absolute Gasteiger partial charge is 0.142 e. The first kappa shape index (κ1) is 15.0. The summed E-state index contributed by atoms with van der Waals surface area (Å²) in [4.78, 5) is 0. The SMILES string of the molecule is NC(Cc1ccc(Cl)c(F)c1)c1ccc(I)c(Cl)c1. The Labute approximate surface area is 135 Å². The van der Waals surface area contributed by atoms with Crippen LogP contribution in [0.1, 0.15) is 17.2 Å². The molecule has 0 amide bonds. The van der Waals surface area contributed by atoms with Crippen LogP contribution < -0.4 is 5.73 Å². The molecule has 0 bridgehead atoms. The number of rotatable bonds is 3. The highest BCUT2D eigenvalue weighted by molar-refractivity contribution is 14.1. The highest BCUT2D eigenvalue weighted by Crippen LogP contribution is 2.25. The lowest BCUT2D eigenvalue weighted by atomic mass is 10.00. The lowest BCUT2D eigenvalue weighted by Crippen LogP contribution is -2.13. The molecule has 0 radical (unpaired) electrons. The van der Waals surface area contributed by atoms with Crippen molar-refractivity contribution in [2.75, 3.05) is 0 Å². The van der Waals surface area contributed by atoms with Gasteiger partial charge in [0.25, 0.3) is 0 Å². The molecular formula is C14H11Cl2FIN. The minimum atomic E-state index is -0.424. The van der Waals surface area contributed by atoms with Crippen molar-refractivity contribution in [3.63, 3.8) is 0 Å². The van der Waals surface area contributed by atoms with Crippen LogP contribution in [0.5, 0.6) is 0 Å². The molecule has 2 aromatic carbocycles. The lowest BCUT2D eigenvalue weighted by molar-refractivity contribution is 0.622. The highest BCUT2D eigenvalue weighted by atomic mass is 127. The summed E-state index contributed by atoms with van der Waals surface area (Å²) in [5, 5.41) is 0.797. The molecular weight excluding hydrogens is 399 g/mol. The largest absolute Gasteiger partial charge is 0.324 e. The van der Waals surface area contributed by atoms with E-state index >= 15 is 0 Å². The molecule has 2 aromatic rings. The third-order valence-electron chi connectivity index (χ3n) is 2.81. The monoisotopic (exact) mass is 409 g/mol. The van der Waals surface area contributed by atoms with Gasteiger partial charge in [0.2, 0.25) is 0 Å². The summed E-state index contributed by atoms with van der Waals surface area (Å²) in [5.74, 6) is -0.424. The molecule has 0 aliphatic carbocycles. The fourth-order valence-electron chi connectivity index (χ4n) is 1.78. The standard InChI is InChI=1S/C14H11Cl2FIN/c15-10-3-1-8(5-12(10)17)6-14(19)9-2-4-13(18)11(16)7-9/h1-5,7,14H,6,19H2. The molecule has 5 heteroatoms. The summed E-state index contributed by atoms with van der Waals surface area (Å²) in [6, 6.07) is 10.2. The fraction of sp³-hybridized carbons (Fsp3) is 0.143. The molecule has 100 valence electrons. The van der Waals surface area contributed by atoms with Gasteiger partial charge >= 0.3 is 0 Å². The van der Waals surface area contributed by atoms with E-state index in [2.05, 4.69) is 22.6 Å². The van der Waals surface area contributed by atoms with Gasteiger partial charge in [-0.2, -0.15) is 0 Å². The molecule has 1 atom stereocenters. The summed E-state index contributed by atoms with van der Waals surface area (Å²) in [6.07, 6.45) is 0.533. The average Bonchev–Trinajstić information content (AvgIpc) is 2.37. The molecule has 0 aliphatic rings. The number of nitrogens with two attached hydrogens (primary N) is 1. The van der Waals surface area contributed by atoms with Gasteiger partial charge in [0, 0.05) is 9.61 Å². The zero-order valence-electron chi connectivity index (χ0n) is 9.84. The second-order valence-corrected chi connectivity index (χ2v) is 6.21. The lowest BCUT2D eigenvalue weighted by Gasteiger charge is -2.13. The van der Waals surface area contributed by atoms with Crippen LogP contribution in [0.15, 0.2) is 36.4 Å². The van der Waals surface area contributed by atoms with E-state index in [0.717, 1.165) is 14.7 Å². The third kappa shape index (κ3) is 3.81. The van der Waals surface area contributed by atoms with Crippen LogP contribution in [0.4, 0.5) is 4.39 Å². The van der Waals surface area contributed by atoms with Crippen LogP contribution in [0.3, 0.4) is 0 Å². The summed E-state index contributed by atoms with van der Waals surface area (Å²) in [6.45, 7) is 0. The maximum atomic E-state index is 13.4. The quantitative estimate of drug-likeness (QED) is 0.711. The van der Waals surface area contributed by atoms with Gasteiger partial charge in [-0.3, -0.25) is 0 Å². The van der Waals surface area contributed by atoms with E-state index in [1.54, 1.807) is 12.1 Å². The van der Waals surface area contributed by atoms with Crippen LogP contribution >= 0.6 is 45.8 Å². The van der Waals surface area contributed by atoms with Crippen molar-refractivity contribution < 1.29 is 4.39 Å². The molecule has 1 nitrogen and oxygen atoms in total. The Balaban J connectivity index is 2.17. The Morgan fingerprint density at radius 2 is 1.84 bits per heavy atom. The Hall–Kier alpha value is -0.360. The minimum Gasteiger partial charge on any atom is -0.324 e. The third-order valence-corrected chi connectivity index (χ3v) is 4.69. The first-order valence-corrected chi connectivity index (χ1v) is 7.45. The van der Waals surface area contributed by atoms with E-state index < -0.39 is 5.82 Å². The predicted octanol–water partition coefficient (Wildman–Crippen LogP) is 4.98. The summed E-state index contributed by atoms with van der Waals surface area (Å²) >= 11 is 13.9. The van der Waals surface area contributed by atoms with E-state index in [9.17, 15) is 4.39 Å². The van der Waals surface area contributed by atoms with Crippen molar-refractivity contribution >= 4 is 45.8 Å². The van der Waals surface area contributed by atoms with E-state index in [4.69, 9.17) is 28.9 Å². The number of halogens is 4. The normalized spacial score (nSPS) is 12.5. The zero-order chi connectivity index (χ0) is 14.0. The van der Waals surface area contributed by atoms with Crippen molar-refractivity contribution in [3.8, 4) is 0 Å². The van der Waals surface area contributed by atoms with E-state index in [0.29, 0.717) is 11.4 Å². The van der Waals surface area contributed by atoms with Gasteiger partial charge in [0.05, 0.1) is 10.0 Å². The van der Waals surface area contributed by atoms with Crippen molar-refractivity contribution in [3.05, 3.63) is 67.0 Å². The Morgan fingerprint density at radius 1 is 1.11 bits per heavy atom. The van der Waals surface area contributed by atoms with Crippen LogP contribution in [-0.4, -0.2) is 0 Å². The van der Waals surface area contributed by atoms with Crippen LogP contribution in [-0.2, 0) is 6.42 Å². The van der Waals surface area contributed by atoms with E-state index in [-0.39, 0.29) is 11.1 Å². The number of benzene rings is 2. The molecule has 2 rings (SSSR count). The first-order valence-electron chi connectivity index (χ1n) is 5.62. The first-order chi connectivity index (χ1) is 8.97. The molecule has 0 saturated carbocycles. The molecule has 1 unspecified atom stereocenters. The molecule has 0 aliphatic heterocycles. The van der Waals surface area contributed by atoms with Crippen molar-refractivity contribution in [2.45, 2.75) is 12.5 Å². The molecule has 2 N–H and O–H groups in total. The molecule has 0 aromatic heterocycles. The molecule has 0 heterocycles. The average molecular weight is 410 g/mol. The molecule has 0 spiro atoms. The summed E-state index contributed by atoms with van der Waals surface area (Å²) < 4.78 is 14.3. The Bertz CT molecular complexity index is 604. The van der Waals surface area contributed by atoms with Crippen molar-refractivity contribution in [1.82, 2.24) is 0 Å². The number of hydrogen-bond acceptors (Lipinski definition) is 1. The van der Waals surface area contributed by atoms with Crippen molar-refractivity contribution in [2.24, 2.45) is 5.73 Å². The highest BCUT2D eigenvalue weighted by Gasteiger charge is 2.10. The van der Waals surface area contributed by atoms with Gasteiger partial charge in [-0.05, 0) is 64.4 Å². The minimum absolute atomic E-state index is 0.120. The Morgan fingerprint density at radius 3 is 2.47 bits per heavy atom. The van der Waals surface area contributed by atoms with Gasteiger partial charge in [0.1, 0.15) is 5.82 Å². The second-order valence-electron chi connectivity index (χ2n) is 4.23. The maximum Gasteiger partial charge on any atom is 0.142 e. The van der Waals surface area contributed by atoms with E-state index in [1.165, 1.54) is 6.07 Å². The maximum absolute atomic E-state index is 13.4. The molecule has 0 fully saturated rings. The Kier molecular flexibility index (Phi) is 5.06. The predicted molar refractivity (Wildman–Crippen MR) is 86.2 cm³/mol. The molecule has 19 heavy (non-hydrogen) atoms. The van der Waals surface area contributed by atoms with Crippen LogP contribution in [0.2, 0.25) is 10.0 Å². The summed E-state index contributed by atoms with van der Waals surface area (Å²) in [7, 11) is 0. The van der Waals surface area contributed by atoms with E-state index in [1.807, 2.05) is 18.2 Å². The number of hydrogen-bond donors (Lipinski definition) is 1. The second kappa shape index (κ2) is 6.39. The van der Waals surface area contributed by atoms with Gasteiger partial charge in [-0.1, -0.05) is 35.3 Å². The van der Waals surface area contributed by atoms with Gasteiger partial charge in [-0.25, -0.2) is 4.39 Å². The van der Waals surface area contributed by atoms with Crippen molar-refractivity contribution in [1.29, 1.82) is 0 Å². The fourth-order valence-corrected chi connectivity index (χ4v) is 2.42. The van der Waals surface area contributed by atoms with Gasteiger partial charge in [0.15, 0.2) is 0 Å². The zero-order valence-corrected chi connectivity index (χ0v) is 13.5.